The van der Waals surface area contributed by atoms with Crippen molar-refractivity contribution in [3.63, 3.8) is 0 Å². The Kier molecular flexibility index (Phi) is 5.65. The molecule has 34 heavy (non-hydrogen) atoms. The lowest BCUT2D eigenvalue weighted by Gasteiger charge is -2.20. The summed E-state index contributed by atoms with van der Waals surface area (Å²) in [5, 5.41) is 4.57. The topological polar surface area (TPSA) is 0 Å². The summed E-state index contributed by atoms with van der Waals surface area (Å²) in [5.41, 5.74) is 4.65. The van der Waals surface area contributed by atoms with Crippen molar-refractivity contribution in [2.75, 3.05) is 0 Å². The van der Waals surface area contributed by atoms with E-state index in [9.17, 15) is 13.2 Å². The maximum atomic E-state index is 13.1. The Morgan fingerprint density at radius 3 is 2.00 bits per heavy atom. The normalized spacial score (nSPS) is 12.9. The summed E-state index contributed by atoms with van der Waals surface area (Å²) in [6.07, 6.45) is -3.33. The van der Waals surface area contributed by atoms with E-state index in [1.807, 2.05) is 18.2 Å². The van der Waals surface area contributed by atoms with Crippen molar-refractivity contribution in [2.24, 2.45) is 0 Å². The Morgan fingerprint density at radius 1 is 0.676 bits per heavy atom. The summed E-state index contributed by atoms with van der Waals surface area (Å²) >= 11 is 0. The van der Waals surface area contributed by atoms with Gasteiger partial charge in [0, 0.05) is 0 Å². The minimum atomic E-state index is -4.35. The smallest absolute Gasteiger partial charge is 0.166 e. The van der Waals surface area contributed by atoms with E-state index in [0.717, 1.165) is 46.0 Å². The summed E-state index contributed by atoms with van der Waals surface area (Å²) < 4.78 is 39.4. The van der Waals surface area contributed by atoms with E-state index in [4.69, 9.17) is 0 Å². The molecule has 0 aliphatic heterocycles. The van der Waals surface area contributed by atoms with E-state index in [0.29, 0.717) is 5.92 Å². The molecule has 5 aromatic carbocycles. The van der Waals surface area contributed by atoms with E-state index in [1.54, 1.807) is 12.1 Å². The first kappa shape index (κ1) is 22.2. The first-order chi connectivity index (χ1) is 16.4. The second-order valence-electron chi connectivity index (χ2n) is 8.88. The number of rotatable bonds is 4. The fourth-order valence-corrected chi connectivity index (χ4v) is 4.76. The van der Waals surface area contributed by atoms with Crippen molar-refractivity contribution in [3.8, 4) is 22.3 Å². The molecule has 0 heterocycles. The van der Waals surface area contributed by atoms with Gasteiger partial charge < -0.3 is 0 Å². The van der Waals surface area contributed by atoms with E-state index < -0.39 is 11.7 Å². The quantitative estimate of drug-likeness (QED) is 0.253. The second kappa shape index (κ2) is 8.64. The molecule has 0 bridgehead atoms. The van der Waals surface area contributed by atoms with Crippen LogP contribution in [0.4, 0.5) is 13.2 Å². The Balaban J connectivity index is 1.81. The third-order valence-electron chi connectivity index (χ3n) is 6.78. The van der Waals surface area contributed by atoms with E-state index in [-0.39, 0.29) is 0 Å². The molecular weight excluding hydrogens is 429 g/mol. The van der Waals surface area contributed by atoms with Gasteiger partial charge in [-0.15, -0.1) is 0 Å². The fraction of sp³-hybridized carbons (Fsp3) is 0.161. The van der Waals surface area contributed by atoms with Crippen LogP contribution in [0.5, 0.6) is 0 Å². The number of halogens is 3. The highest BCUT2D eigenvalue weighted by Crippen LogP contribution is 2.42. The molecule has 0 spiro atoms. The van der Waals surface area contributed by atoms with Gasteiger partial charge in [0.05, 0.1) is 5.56 Å². The van der Waals surface area contributed by atoms with Crippen molar-refractivity contribution in [3.05, 3.63) is 108 Å². The highest BCUT2D eigenvalue weighted by Gasteiger charge is 2.30. The molecule has 1 unspecified atom stereocenters. The zero-order chi connectivity index (χ0) is 23.9. The number of fused-ring (bicyclic) bond motifs is 2. The first-order valence-corrected chi connectivity index (χ1v) is 11.6. The molecular formula is C31H25F3. The summed E-state index contributed by atoms with van der Waals surface area (Å²) in [5.74, 6) is 0.369. The maximum Gasteiger partial charge on any atom is 0.416 e. The maximum absolute atomic E-state index is 13.1. The largest absolute Gasteiger partial charge is 0.416 e. The van der Waals surface area contributed by atoms with Crippen LogP contribution in [0.3, 0.4) is 0 Å². The lowest BCUT2D eigenvalue weighted by molar-refractivity contribution is -0.137. The lowest BCUT2D eigenvalue weighted by atomic mass is 9.83. The molecule has 170 valence electrons. The number of hydrogen-bond donors (Lipinski definition) is 0. The molecule has 0 radical (unpaired) electrons. The van der Waals surface area contributed by atoms with Crippen molar-refractivity contribution in [1.82, 2.24) is 0 Å². The summed E-state index contributed by atoms with van der Waals surface area (Å²) in [4.78, 5) is 0. The average molecular weight is 455 g/mol. The van der Waals surface area contributed by atoms with Crippen LogP contribution in [-0.2, 0) is 6.18 Å². The van der Waals surface area contributed by atoms with Gasteiger partial charge in [0.1, 0.15) is 0 Å². The SMILES string of the molecule is CCC(C)c1ccc2ccccc2c1-c1cc(-c2ccc(C(F)(F)F)cc2)cc2ccccc12. The van der Waals surface area contributed by atoms with Crippen molar-refractivity contribution < 1.29 is 13.2 Å². The molecule has 1 atom stereocenters. The molecule has 0 nitrogen and oxygen atoms in total. The van der Waals surface area contributed by atoms with Gasteiger partial charge in [0.15, 0.2) is 0 Å². The molecule has 0 aromatic heterocycles. The average Bonchev–Trinajstić information content (AvgIpc) is 2.86. The van der Waals surface area contributed by atoms with Crippen LogP contribution in [0.25, 0.3) is 43.8 Å². The molecule has 0 amide bonds. The highest BCUT2D eigenvalue weighted by molar-refractivity contribution is 6.08. The number of alkyl halides is 3. The van der Waals surface area contributed by atoms with Crippen LogP contribution < -0.4 is 0 Å². The fourth-order valence-electron chi connectivity index (χ4n) is 4.76. The Bertz CT molecular complexity index is 1480. The second-order valence-corrected chi connectivity index (χ2v) is 8.88. The Hall–Kier alpha value is -3.59. The third-order valence-corrected chi connectivity index (χ3v) is 6.78. The molecule has 0 fully saturated rings. The molecule has 0 saturated heterocycles. The molecule has 5 aromatic rings. The Labute approximate surface area is 197 Å². The molecule has 0 aliphatic rings. The van der Waals surface area contributed by atoms with Crippen LogP contribution in [0.15, 0.2) is 97.1 Å². The zero-order valence-corrected chi connectivity index (χ0v) is 19.2. The van der Waals surface area contributed by atoms with Gasteiger partial charge in [0.25, 0.3) is 0 Å². The van der Waals surface area contributed by atoms with Gasteiger partial charge in [0.2, 0.25) is 0 Å². The number of hydrogen-bond acceptors (Lipinski definition) is 0. The summed E-state index contributed by atoms with van der Waals surface area (Å²) in [6, 6.07) is 30.7. The standard InChI is InChI=1S/C31H25F3/c1-3-20(2)26-17-14-22-8-4-7-11-28(22)30(26)29-19-24(18-23-9-5-6-10-27(23)29)21-12-15-25(16-13-21)31(32,33)34/h4-20H,3H2,1-2H3. The van der Waals surface area contributed by atoms with Crippen LogP contribution >= 0.6 is 0 Å². The molecule has 0 aliphatic carbocycles. The minimum absolute atomic E-state index is 0.369. The van der Waals surface area contributed by atoms with Crippen molar-refractivity contribution in [2.45, 2.75) is 32.4 Å². The van der Waals surface area contributed by atoms with E-state index in [1.165, 1.54) is 21.9 Å². The van der Waals surface area contributed by atoms with Crippen molar-refractivity contribution >= 4 is 21.5 Å². The van der Waals surface area contributed by atoms with Gasteiger partial charge >= 0.3 is 6.18 Å². The highest BCUT2D eigenvalue weighted by atomic mass is 19.4. The van der Waals surface area contributed by atoms with Gasteiger partial charge in [-0.05, 0) is 86.0 Å². The Morgan fingerprint density at radius 2 is 1.32 bits per heavy atom. The van der Waals surface area contributed by atoms with Gasteiger partial charge in [-0.25, -0.2) is 0 Å². The van der Waals surface area contributed by atoms with Gasteiger partial charge in [-0.3, -0.25) is 0 Å². The lowest BCUT2D eigenvalue weighted by Crippen LogP contribution is -2.04. The van der Waals surface area contributed by atoms with Crippen LogP contribution in [0, 0.1) is 0 Å². The van der Waals surface area contributed by atoms with E-state index >= 15 is 0 Å². The van der Waals surface area contributed by atoms with Crippen LogP contribution in [0.2, 0.25) is 0 Å². The monoisotopic (exact) mass is 454 g/mol. The predicted molar refractivity (Wildman–Crippen MR) is 136 cm³/mol. The first-order valence-electron chi connectivity index (χ1n) is 11.6. The van der Waals surface area contributed by atoms with Gasteiger partial charge in [-0.1, -0.05) is 86.6 Å². The predicted octanol–water partition coefficient (Wildman–Crippen LogP) is 9.86. The van der Waals surface area contributed by atoms with Crippen LogP contribution in [0.1, 0.15) is 37.3 Å². The molecule has 0 saturated carbocycles. The zero-order valence-electron chi connectivity index (χ0n) is 19.2. The molecule has 5 rings (SSSR count). The summed E-state index contributed by atoms with van der Waals surface area (Å²) in [6.45, 7) is 4.44. The minimum Gasteiger partial charge on any atom is -0.166 e. The number of benzene rings is 5. The van der Waals surface area contributed by atoms with Crippen LogP contribution in [-0.4, -0.2) is 0 Å². The third kappa shape index (κ3) is 3.96. The van der Waals surface area contributed by atoms with Gasteiger partial charge in [-0.2, -0.15) is 13.2 Å². The van der Waals surface area contributed by atoms with Crippen molar-refractivity contribution in [1.29, 1.82) is 0 Å². The summed E-state index contributed by atoms with van der Waals surface area (Å²) in [7, 11) is 0. The molecule has 0 N–H and O–H groups in total. The molecule has 3 heteroatoms. The van der Waals surface area contributed by atoms with E-state index in [2.05, 4.69) is 68.4 Å².